The number of hydrogen-bond acceptors (Lipinski definition) is 11. The van der Waals surface area contributed by atoms with E-state index in [-0.39, 0.29) is 43.0 Å². The standard InChI is InChI=1S/C47H65N9O6S/c1-11-55-38-17-16-30-22-33(38)34(42(55)32-14-12-19-48-40(32)29(4)61-10)24-47(5,6)27-62-45(59)35-15-13-20-56(51-35)44(58)36(23-39-49-37(30)26-63-39)50-43(57)41(28(2)3)53(9)46(60)54-21-18-31(25-54)52(7)8/h12,14,16-17,19,22,26,28-29,31,35-36,41,51H,11,13,15,18,20-21,23-25,27H2,1-10H3,(H,50,57)/t29-,31-,35-,36-,41-/m0/s1. The number of hydrazine groups is 1. The number of ether oxygens (including phenoxy) is 2. The van der Waals surface area contributed by atoms with Crippen LogP contribution >= 0.6 is 11.3 Å². The predicted molar refractivity (Wildman–Crippen MR) is 245 cm³/mol. The Balaban J connectivity index is 1.28. The molecule has 4 amide bonds. The molecule has 2 N–H and O–H groups in total. The van der Waals surface area contributed by atoms with E-state index in [9.17, 15) is 19.2 Å². The number of aryl methyl sites for hydroxylation is 1. The average Bonchev–Trinajstić information content (AvgIpc) is 4.02. The van der Waals surface area contributed by atoms with Gasteiger partial charge in [0.05, 0.1) is 34.8 Å². The summed E-state index contributed by atoms with van der Waals surface area (Å²) in [4.78, 5) is 72.0. The summed E-state index contributed by atoms with van der Waals surface area (Å²) in [6, 6.07) is 7.86. The molecule has 0 unspecified atom stereocenters. The van der Waals surface area contributed by atoms with Gasteiger partial charge in [-0.3, -0.25) is 24.4 Å². The summed E-state index contributed by atoms with van der Waals surface area (Å²) < 4.78 is 14.2. The van der Waals surface area contributed by atoms with Gasteiger partial charge < -0.3 is 34.1 Å². The van der Waals surface area contributed by atoms with Crippen LogP contribution in [0.1, 0.15) is 83.2 Å². The molecule has 340 valence electrons. The molecule has 5 atom stereocenters. The van der Waals surface area contributed by atoms with E-state index in [1.165, 1.54) is 21.2 Å². The highest BCUT2D eigenvalue weighted by Gasteiger charge is 2.40. The van der Waals surface area contributed by atoms with E-state index >= 15 is 0 Å². The lowest BCUT2D eigenvalue weighted by atomic mass is 9.84. The second-order valence-electron chi connectivity index (χ2n) is 18.7. The first-order valence-corrected chi connectivity index (χ1v) is 23.2. The Bertz CT molecular complexity index is 2320. The van der Waals surface area contributed by atoms with Crippen molar-refractivity contribution in [3.8, 4) is 22.5 Å². The molecule has 7 rings (SSSR count). The van der Waals surface area contributed by atoms with Crippen LogP contribution in [-0.2, 0) is 43.2 Å². The predicted octanol–water partition coefficient (Wildman–Crippen LogP) is 5.91. The minimum Gasteiger partial charge on any atom is -0.464 e. The number of thiazole rings is 1. The molecule has 6 heterocycles. The molecule has 6 bridgehead atoms. The number of carbonyl (C=O) groups is 4. The fourth-order valence-corrected chi connectivity index (χ4v) is 10.3. The minimum absolute atomic E-state index is 0.112. The van der Waals surface area contributed by atoms with Crippen molar-refractivity contribution < 1.29 is 28.7 Å². The Morgan fingerprint density at radius 1 is 1.11 bits per heavy atom. The third kappa shape index (κ3) is 9.64. The van der Waals surface area contributed by atoms with Crippen LogP contribution in [0.4, 0.5) is 4.79 Å². The number of pyridine rings is 1. The largest absolute Gasteiger partial charge is 0.464 e. The van der Waals surface area contributed by atoms with Crippen molar-refractivity contribution in [2.24, 2.45) is 11.3 Å². The summed E-state index contributed by atoms with van der Waals surface area (Å²) in [5.41, 5.74) is 9.40. The number of esters is 1. The van der Waals surface area contributed by atoms with Crippen molar-refractivity contribution in [3.63, 3.8) is 0 Å². The average molecular weight is 884 g/mol. The van der Waals surface area contributed by atoms with Crippen LogP contribution < -0.4 is 10.7 Å². The van der Waals surface area contributed by atoms with Crippen LogP contribution in [0.3, 0.4) is 0 Å². The lowest BCUT2D eigenvalue weighted by Gasteiger charge is -2.37. The molecule has 16 heteroatoms. The van der Waals surface area contributed by atoms with Crippen molar-refractivity contribution in [1.29, 1.82) is 0 Å². The van der Waals surface area contributed by atoms with Crippen LogP contribution in [0.25, 0.3) is 33.4 Å². The summed E-state index contributed by atoms with van der Waals surface area (Å²) >= 11 is 1.43. The molecule has 1 aromatic carbocycles. The molecule has 63 heavy (non-hydrogen) atoms. The Labute approximate surface area is 375 Å². The number of urea groups is 1. The van der Waals surface area contributed by atoms with Gasteiger partial charge in [0.2, 0.25) is 5.91 Å². The normalized spacial score (nSPS) is 21.7. The lowest BCUT2D eigenvalue weighted by molar-refractivity contribution is -0.155. The van der Waals surface area contributed by atoms with Gasteiger partial charge in [-0.25, -0.2) is 15.2 Å². The number of carbonyl (C=O) groups excluding carboxylic acids is 4. The number of cyclic esters (lactones) is 1. The van der Waals surface area contributed by atoms with E-state index in [1.54, 1.807) is 25.3 Å². The van der Waals surface area contributed by atoms with Crippen LogP contribution in [0.15, 0.2) is 41.9 Å². The van der Waals surface area contributed by atoms with Crippen molar-refractivity contribution in [2.75, 3.05) is 54.5 Å². The Morgan fingerprint density at radius 3 is 2.59 bits per heavy atom. The SMILES string of the molecule is CCn1c(-c2cccnc2[C@H](C)OC)c2c3cc(ccc31)-c1csc(n1)C[C@H](NC(=O)[C@H](C(C)C)N(C)C(=O)N1CC[C@H](N(C)C)C1)C(=O)N1CCC[C@H](N1)C(=O)OCC(C)(C)C2. The smallest absolute Gasteiger partial charge is 0.324 e. The zero-order chi connectivity index (χ0) is 45.3. The molecule has 15 nitrogen and oxygen atoms in total. The molecule has 4 aromatic rings. The molecule has 0 aliphatic carbocycles. The zero-order valence-electron chi connectivity index (χ0n) is 38.6. The Kier molecular flexibility index (Phi) is 13.9. The molecule has 2 saturated heterocycles. The van der Waals surface area contributed by atoms with Gasteiger partial charge in [0.15, 0.2) is 0 Å². The second-order valence-corrected chi connectivity index (χ2v) is 19.6. The van der Waals surface area contributed by atoms with E-state index in [0.29, 0.717) is 50.4 Å². The number of rotatable bonds is 9. The first-order valence-electron chi connectivity index (χ1n) is 22.3. The van der Waals surface area contributed by atoms with Gasteiger partial charge in [-0.2, -0.15) is 0 Å². The van der Waals surface area contributed by atoms with Gasteiger partial charge in [0.25, 0.3) is 5.91 Å². The monoisotopic (exact) mass is 883 g/mol. The summed E-state index contributed by atoms with van der Waals surface area (Å²) in [5, 5.41) is 8.23. The number of methoxy groups -OCH3 is 1. The zero-order valence-corrected chi connectivity index (χ0v) is 39.4. The van der Waals surface area contributed by atoms with Crippen LogP contribution in [0.2, 0.25) is 0 Å². The highest BCUT2D eigenvalue weighted by Crippen LogP contribution is 2.42. The van der Waals surface area contributed by atoms with Gasteiger partial charge in [-0.05, 0) is 89.4 Å². The van der Waals surface area contributed by atoms with E-state index in [0.717, 1.165) is 51.1 Å². The molecule has 0 saturated carbocycles. The Hall–Kier alpha value is -4.90. The molecular weight excluding hydrogens is 819 g/mol. The minimum atomic E-state index is -1.04. The maximum Gasteiger partial charge on any atom is 0.324 e. The van der Waals surface area contributed by atoms with Gasteiger partial charge in [0.1, 0.15) is 18.1 Å². The summed E-state index contributed by atoms with van der Waals surface area (Å²) in [6.45, 7) is 14.5. The number of nitrogens with one attached hydrogen (secondary N) is 2. The maximum absolute atomic E-state index is 14.6. The number of amides is 4. The van der Waals surface area contributed by atoms with Crippen molar-refractivity contribution in [2.45, 2.75) is 110 Å². The van der Waals surface area contributed by atoms with Crippen molar-refractivity contribution >= 4 is 46.1 Å². The molecule has 0 spiro atoms. The van der Waals surface area contributed by atoms with E-state index < -0.39 is 35.4 Å². The fourth-order valence-electron chi connectivity index (χ4n) is 9.43. The number of hydrogen-bond donors (Lipinski definition) is 2. The molecule has 3 aromatic heterocycles. The van der Waals surface area contributed by atoms with Crippen molar-refractivity contribution in [3.05, 3.63) is 58.2 Å². The molecule has 3 aliphatic rings. The molecule has 3 aliphatic heterocycles. The third-order valence-corrected chi connectivity index (χ3v) is 13.8. The molecule has 0 radical (unpaired) electrons. The lowest BCUT2D eigenvalue weighted by Crippen LogP contribution is -2.62. The van der Waals surface area contributed by atoms with Gasteiger partial charge >= 0.3 is 12.0 Å². The summed E-state index contributed by atoms with van der Waals surface area (Å²) in [7, 11) is 7.37. The number of fused-ring (bicyclic) bond motifs is 6. The summed E-state index contributed by atoms with van der Waals surface area (Å²) in [6.07, 6.45) is 4.16. The van der Waals surface area contributed by atoms with Gasteiger partial charge in [0, 0.05) is 91.8 Å². The number of nitrogens with zero attached hydrogens (tertiary/aromatic N) is 7. The number of likely N-dealkylation sites (N-methyl/N-ethyl adjacent to an activating group) is 2. The van der Waals surface area contributed by atoms with Crippen LogP contribution in [-0.4, -0.2) is 137 Å². The molecule has 2 fully saturated rings. The first-order chi connectivity index (χ1) is 30.0. The van der Waals surface area contributed by atoms with E-state index in [4.69, 9.17) is 19.4 Å². The van der Waals surface area contributed by atoms with Gasteiger partial charge in [-0.15, -0.1) is 11.3 Å². The van der Waals surface area contributed by atoms with E-state index in [2.05, 4.69) is 65.2 Å². The first kappa shape index (κ1) is 46.1. The third-order valence-electron chi connectivity index (χ3n) is 12.9. The topological polar surface area (TPSA) is 154 Å². The van der Waals surface area contributed by atoms with Gasteiger partial charge in [-0.1, -0.05) is 33.8 Å². The Morgan fingerprint density at radius 2 is 1.89 bits per heavy atom. The second kappa shape index (κ2) is 19.1. The van der Waals surface area contributed by atoms with E-state index in [1.807, 2.05) is 46.3 Å². The molecular formula is C47H65N9O6S. The number of benzene rings is 1. The fraction of sp³-hybridized carbons (Fsp3) is 0.574. The summed E-state index contributed by atoms with van der Waals surface area (Å²) in [5.74, 6) is -1.50. The van der Waals surface area contributed by atoms with Crippen molar-refractivity contribution in [1.82, 2.24) is 45.0 Å². The highest BCUT2D eigenvalue weighted by atomic mass is 32.1. The number of likely N-dealkylation sites (tertiary alicyclic amines) is 1. The van der Waals surface area contributed by atoms with Crippen LogP contribution in [0, 0.1) is 11.3 Å². The van der Waals surface area contributed by atoms with Crippen LogP contribution in [0.5, 0.6) is 0 Å². The highest BCUT2D eigenvalue weighted by molar-refractivity contribution is 7.10. The maximum atomic E-state index is 14.6. The quantitative estimate of drug-likeness (QED) is 0.194. The number of aromatic nitrogens is 3.